The zero-order valence-electron chi connectivity index (χ0n) is 19.0. The van der Waals surface area contributed by atoms with Crippen molar-refractivity contribution in [2.75, 3.05) is 24.7 Å². The van der Waals surface area contributed by atoms with Crippen molar-refractivity contribution >= 4 is 39.1 Å². The molecule has 184 valence electrons. The molecule has 0 aromatic heterocycles. The highest BCUT2D eigenvalue weighted by Crippen LogP contribution is 2.43. The Labute approximate surface area is 202 Å². The molecule has 1 atom stereocenters. The molecule has 0 amide bonds. The minimum absolute atomic E-state index is 0.00527. The van der Waals surface area contributed by atoms with E-state index in [2.05, 4.69) is 0 Å². The summed E-state index contributed by atoms with van der Waals surface area (Å²) in [5, 5.41) is 8.75. The Kier molecular flexibility index (Phi) is 8.21. The van der Waals surface area contributed by atoms with Gasteiger partial charge >= 0.3 is 5.97 Å². The number of aliphatic carboxylic acids is 1. The number of fused-ring (bicyclic) bond motifs is 1. The number of carboxylic acids is 1. The number of carbonyl (C=O) groups is 1. The smallest absolute Gasteiger partial charge is 0.368 e. The number of carboxylic acid groups (broad SMARTS) is 1. The van der Waals surface area contributed by atoms with Gasteiger partial charge in [0, 0.05) is 31.4 Å². The number of ether oxygens (including phenoxy) is 1. The lowest BCUT2D eigenvalue weighted by molar-refractivity contribution is -0.134. The fourth-order valence-electron chi connectivity index (χ4n) is 3.72. The van der Waals surface area contributed by atoms with E-state index < -0.39 is 27.6 Å². The van der Waals surface area contributed by atoms with E-state index in [1.165, 1.54) is 41.3 Å². The van der Waals surface area contributed by atoms with Gasteiger partial charge in [0.1, 0.15) is 22.7 Å². The maximum absolute atomic E-state index is 13.6. The third kappa shape index (κ3) is 5.37. The molecule has 11 heteroatoms. The molecule has 7 nitrogen and oxygen atoms in total. The summed E-state index contributed by atoms with van der Waals surface area (Å²) in [5.41, 5.74) is 0.990. The molecule has 0 saturated heterocycles. The number of thioether (sulfide) groups is 1. The van der Waals surface area contributed by atoms with E-state index in [0.29, 0.717) is 35.5 Å². The predicted molar refractivity (Wildman–Crippen MR) is 127 cm³/mol. The SMILES string of the molecule is CCCC[C@@H]1CN(c2ccc(F)cc2)c2cc(SC)c(O/C=C(\F)C(=O)O)cc2S(=O)(=O)N1C. The largest absolute Gasteiger partial charge is 0.476 e. The van der Waals surface area contributed by atoms with Gasteiger partial charge in [-0.3, -0.25) is 0 Å². The second kappa shape index (κ2) is 10.7. The van der Waals surface area contributed by atoms with Gasteiger partial charge in [-0.15, -0.1) is 11.8 Å². The summed E-state index contributed by atoms with van der Waals surface area (Å²) in [4.78, 5) is 13.0. The average Bonchev–Trinajstić information content (AvgIpc) is 2.89. The predicted octanol–water partition coefficient (Wildman–Crippen LogP) is 5.15. The van der Waals surface area contributed by atoms with Crippen LogP contribution < -0.4 is 9.64 Å². The van der Waals surface area contributed by atoms with Gasteiger partial charge < -0.3 is 14.7 Å². The molecule has 1 N–H and O–H groups in total. The van der Waals surface area contributed by atoms with E-state index >= 15 is 0 Å². The number of hydrogen-bond acceptors (Lipinski definition) is 6. The van der Waals surface area contributed by atoms with E-state index in [1.54, 1.807) is 24.5 Å². The number of unbranched alkanes of at least 4 members (excludes halogenated alkanes) is 1. The van der Waals surface area contributed by atoms with Crippen LogP contribution in [0.2, 0.25) is 0 Å². The van der Waals surface area contributed by atoms with Crippen LogP contribution >= 0.6 is 11.8 Å². The number of sulfonamides is 1. The van der Waals surface area contributed by atoms with Crippen molar-refractivity contribution in [1.82, 2.24) is 4.31 Å². The van der Waals surface area contributed by atoms with Gasteiger partial charge in [0.2, 0.25) is 15.9 Å². The third-order valence-electron chi connectivity index (χ3n) is 5.62. The van der Waals surface area contributed by atoms with Crippen molar-refractivity contribution in [1.29, 1.82) is 0 Å². The Morgan fingerprint density at radius 2 is 1.97 bits per heavy atom. The van der Waals surface area contributed by atoms with E-state index in [-0.39, 0.29) is 16.7 Å². The van der Waals surface area contributed by atoms with Crippen molar-refractivity contribution in [3.05, 3.63) is 54.3 Å². The minimum Gasteiger partial charge on any atom is -0.476 e. The van der Waals surface area contributed by atoms with Crippen molar-refractivity contribution in [2.45, 2.75) is 42.0 Å². The number of benzene rings is 2. The zero-order valence-corrected chi connectivity index (χ0v) is 20.6. The third-order valence-corrected chi connectivity index (χ3v) is 8.32. The van der Waals surface area contributed by atoms with E-state index in [1.807, 2.05) is 11.8 Å². The molecule has 2 aromatic rings. The fourth-order valence-corrected chi connectivity index (χ4v) is 5.82. The Bertz CT molecular complexity index is 1190. The van der Waals surface area contributed by atoms with Crippen molar-refractivity contribution in [2.24, 2.45) is 0 Å². The first-order valence-electron chi connectivity index (χ1n) is 10.6. The molecule has 1 aliphatic heterocycles. The average molecular weight is 513 g/mol. The molecule has 0 radical (unpaired) electrons. The molecule has 0 fully saturated rings. The van der Waals surface area contributed by atoms with Crippen LogP contribution in [0.15, 0.2) is 58.3 Å². The zero-order chi connectivity index (χ0) is 25.0. The lowest BCUT2D eigenvalue weighted by atomic mass is 10.1. The first kappa shape index (κ1) is 26.0. The van der Waals surface area contributed by atoms with Gasteiger partial charge in [-0.05, 0) is 43.0 Å². The van der Waals surface area contributed by atoms with Crippen LogP contribution in [0, 0.1) is 5.82 Å². The summed E-state index contributed by atoms with van der Waals surface area (Å²) in [5.74, 6) is -3.72. The molecule has 2 aromatic carbocycles. The maximum Gasteiger partial charge on any atom is 0.368 e. The van der Waals surface area contributed by atoms with Crippen molar-refractivity contribution in [3.63, 3.8) is 0 Å². The summed E-state index contributed by atoms with van der Waals surface area (Å²) in [6, 6.07) is 8.33. The van der Waals surface area contributed by atoms with Crippen LogP contribution in [0.5, 0.6) is 5.75 Å². The lowest BCUT2D eigenvalue weighted by Gasteiger charge is -2.29. The van der Waals surface area contributed by atoms with Crippen LogP contribution in [0.4, 0.5) is 20.2 Å². The molecule has 1 heterocycles. The molecule has 3 rings (SSSR count). The van der Waals surface area contributed by atoms with Crippen LogP contribution in [0.25, 0.3) is 0 Å². The summed E-state index contributed by atoms with van der Waals surface area (Å²) in [6.45, 7) is 2.37. The first-order chi connectivity index (χ1) is 16.1. The van der Waals surface area contributed by atoms with Gasteiger partial charge in [0.05, 0.1) is 10.6 Å². The number of likely N-dealkylation sites (N-methyl/N-ethyl adjacent to an activating group) is 1. The van der Waals surface area contributed by atoms with Crippen LogP contribution in [0.3, 0.4) is 0 Å². The highest BCUT2D eigenvalue weighted by atomic mass is 32.2. The maximum atomic E-state index is 13.6. The Hall–Kier alpha value is -2.63. The van der Waals surface area contributed by atoms with Crippen LogP contribution in [-0.4, -0.2) is 49.7 Å². The Morgan fingerprint density at radius 3 is 2.56 bits per heavy atom. The molecule has 0 unspecified atom stereocenters. The topological polar surface area (TPSA) is 87.1 Å². The minimum atomic E-state index is -3.99. The Balaban J connectivity index is 2.22. The molecule has 0 saturated carbocycles. The molecular weight excluding hydrogens is 486 g/mol. The van der Waals surface area contributed by atoms with Crippen molar-refractivity contribution < 1.29 is 31.8 Å². The van der Waals surface area contributed by atoms with Gasteiger partial charge in [-0.25, -0.2) is 17.6 Å². The Morgan fingerprint density at radius 1 is 1.29 bits per heavy atom. The summed E-state index contributed by atoms with van der Waals surface area (Å²) >= 11 is 1.23. The molecule has 0 spiro atoms. The van der Waals surface area contributed by atoms with Gasteiger partial charge in [0.15, 0.2) is 0 Å². The monoisotopic (exact) mass is 512 g/mol. The number of halogens is 2. The summed E-state index contributed by atoms with van der Waals surface area (Å²) in [6.07, 6.45) is 4.50. The second-order valence-electron chi connectivity index (χ2n) is 7.76. The number of hydrogen-bond donors (Lipinski definition) is 1. The van der Waals surface area contributed by atoms with E-state index in [0.717, 1.165) is 12.8 Å². The second-order valence-corrected chi connectivity index (χ2v) is 10.6. The van der Waals surface area contributed by atoms with Crippen LogP contribution in [0.1, 0.15) is 26.2 Å². The molecule has 1 aliphatic rings. The summed E-state index contributed by atoms with van der Waals surface area (Å²) in [7, 11) is -2.48. The quantitative estimate of drug-likeness (QED) is 0.297. The van der Waals surface area contributed by atoms with Gasteiger partial charge in [-0.2, -0.15) is 8.70 Å². The number of nitrogens with zero attached hydrogens (tertiary/aromatic N) is 2. The molecular formula is C23H26F2N2O5S2. The van der Waals surface area contributed by atoms with Gasteiger partial charge in [0.25, 0.3) is 0 Å². The molecule has 34 heavy (non-hydrogen) atoms. The first-order valence-corrected chi connectivity index (χ1v) is 13.2. The van der Waals surface area contributed by atoms with E-state index in [4.69, 9.17) is 9.84 Å². The molecule has 0 bridgehead atoms. The lowest BCUT2D eigenvalue weighted by Crippen LogP contribution is -2.40. The van der Waals surface area contributed by atoms with Crippen LogP contribution in [-0.2, 0) is 14.8 Å². The highest BCUT2D eigenvalue weighted by molar-refractivity contribution is 7.98. The normalized spacial score (nSPS) is 18.3. The summed E-state index contributed by atoms with van der Waals surface area (Å²) < 4.78 is 60.9. The van der Waals surface area contributed by atoms with Gasteiger partial charge in [-0.1, -0.05) is 19.8 Å². The number of anilines is 2. The number of rotatable bonds is 8. The van der Waals surface area contributed by atoms with E-state index in [9.17, 15) is 22.0 Å². The van der Waals surface area contributed by atoms with Crippen molar-refractivity contribution in [3.8, 4) is 5.75 Å². The standard InChI is InChI=1S/C23H26F2N2O5S2/c1-4-5-6-17-13-27(16-9-7-15(24)8-10-16)19-11-21(33-3)20(32-14-18(25)23(28)29)12-22(19)34(30,31)26(17)2/h7-12,14,17H,4-6,13H2,1-3H3,(H,28,29)/b18-14-/t17-/m1/s1. The molecule has 0 aliphatic carbocycles. The highest BCUT2D eigenvalue weighted by Gasteiger charge is 2.37. The fraction of sp³-hybridized carbons (Fsp3) is 0.348.